The first-order chi connectivity index (χ1) is 9.29. The molecule has 0 radical (unpaired) electrons. The number of thiophene rings is 2. The normalized spacial score (nSPS) is 11.0. The number of rotatable bonds is 4. The summed E-state index contributed by atoms with van der Waals surface area (Å²) in [6.07, 6.45) is 1.78. The van der Waals surface area contributed by atoms with Gasteiger partial charge >= 0.3 is 0 Å². The summed E-state index contributed by atoms with van der Waals surface area (Å²) in [5, 5.41) is 3.87. The van der Waals surface area contributed by atoms with Crippen molar-refractivity contribution in [2.75, 3.05) is 0 Å². The van der Waals surface area contributed by atoms with Gasteiger partial charge in [-0.15, -0.1) is 22.7 Å². The number of hydrogen-bond acceptors (Lipinski definition) is 5. The molecule has 19 heavy (non-hydrogen) atoms. The second-order valence-electron chi connectivity index (χ2n) is 4.18. The minimum Gasteiger partial charge on any atom is -0.286 e. The molecule has 0 aliphatic heterocycles. The van der Waals surface area contributed by atoms with Gasteiger partial charge < -0.3 is 0 Å². The van der Waals surface area contributed by atoms with Crippen LogP contribution >= 0.6 is 22.7 Å². The fraction of sp³-hybridized carbons (Fsp3) is 0.214. The number of carbonyl (C=O) groups excluding carboxylic acids is 1. The molecule has 0 fully saturated rings. The van der Waals surface area contributed by atoms with Gasteiger partial charge in [0.2, 0.25) is 5.78 Å². The van der Waals surface area contributed by atoms with E-state index in [0.29, 0.717) is 5.69 Å². The molecule has 0 amide bonds. The number of fused-ring (bicyclic) bond motifs is 1. The van der Waals surface area contributed by atoms with Crippen molar-refractivity contribution >= 4 is 38.7 Å². The molecular formula is C14H12N2OS2. The maximum absolute atomic E-state index is 12.5. The molecule has 3 aromatic rings. The van der Waals surface area contributed by atoms with Gasteiger partial charge in [-0.3, -0.25) is 4.79 Å². The van der Waals surface area contributed by atoms with Crippen molar-refractivity contribution < 1.29 is 4.79 Å². The molecule has 0 atom stereocenters. The quantitative estimate of drug-likeness (QED) is 0.683. The lowest BCUT2D eigenvalue weighted by atomic mass is 10.2. The predicted octanol–water partition coefficient (Wildman–Crippen LogP) is 3.94. The summed E-state index contributed by atoms with van der Waals surface area (Å²) in [6, 6.07) is 5.68. The average molecular weight is 288 g/mol. The average Bonchev–Trinajstić information content (AvgIpc) is 3.08. The van der Waals surface area contributed by atoms with Gasteiger partial charge in [-0.25, -0.2) is 9.97 Å². The van der Waals surface area contributed by atoms with Gasteiger partial charge in [-0.2, -0.15) is 0 Å². The fourth-order valence-corrected chi connectivity index (χ4v) is 3.41. The number of aryl methyl sites for hydroxylation is 1. The Labute approximate surface area is 119 Å². The molecule has 0 aliphatic rings. The van der Waals surface area contributed by atoms with Gasteiger partial charge in [0.05, 0.1) is 15.1 Å². The van der Waals surface area contributed by atoms with Crippen LogP contribution in [-0.4, -0.2) is 15.8 Å². The highest BCUT2D eigenvalue weighted by molar-refractivity contribution is 7.17. The molecule has 0 saturated heterocycles. The molecule has 5 heteroatoms. The van der Waals surface area contributed by atoms with E-state index in [1.54, 1.807) is 0 Å². The standard InChI is InChI=1S/C14H12N2OS2/c1-2-4-11-15-9-6-8-19-14(9)12(16-11)13(17)10-5-3-7-18-10/h3,5-8H,2,4H2,1H3. The number of carbonyl (C=O) groups is 1. The summed E-state index contributed by atoms with van der Waals surface area (Å²) in [5.74, 6) is 0.760. The second-order valence-corrected chi connectivity index (χ2v) is 6.04. The molecule has 0 saturated carbocycles. The van der Waals surface area contributed by atoms with Crippen LogP contribution in [0.4, 0.5) is 0 Å². The Morgan fingerprint density at radius 2 is 2.11 bits per heavy atom. The van der Waals surface area contributed by atoms with E-state index in [-0.39, 0.29) is 5.78 Å². The topological polar surface area (TPSA) is 42.9 Å². The minimum absolute atomic E-state index is 0.00204. The predicted molar refractivity (Wildman–Crippen MR) is 79.2 cm³/mol. The first kappa shape index (κ1) is 12.4. The van der Waals surface area contributed by atoms with Crippen LogP contribution < -0.4 is 0 Å². The molecule has 3 aromatic heterocycles. The Balaban J connectivity index is 2.15. The van der Waals surface area contributed by atoms with Crippen LogP contribution in [0.1, 0.15) is 34.5 Å². The third-order valence-corrected chi connectivity index (χ3v) is 4.56. The summed E-state index contributed by atoms with van der Waals surface area (Å²) >= 11 is 2.98. The SMILES string of the molecule is CCCc1nc(C(=O)c2cccs2)c2sccc2n1. The first-order valence-electron chi connectivity index (χ1n) is 6.12. The third-order valence-electron chi connectivity index (χ3n) is 2.78. The number of hydrogen-bond donors (Lipinski definition) is 0. The van der Waals surface area contributed by atoms with E-state index in [0.717, 1.165) is 33.8 Å². The number of nitrogens with zero attached hydrogens (tertiary/aromatic N) is 2. The van der Waals surface area contributed by atoms with Crippen LogP contribution in [0.2, 0.25) is 0 Å². The molecule has 0 unspecified atom stereocenters. The monoisotopic (exact) mass is 288 g/mol. The van der Waals surface area contributed by atoms with E-state index in [1.165, 1.54) is 22.7 Å². The van der Waals surface area contributed by atoms with Gasteiger partial charge in [0, 0.05) is 6.42 Å². The largest absolute Gasteiger partial charge is 0.286 e. The summed E-state index contributed by atoms with van der Waals surface area (Å²) in [7, 11) is 0. The van der Waals surface area contributed by atoms with Gasteiger partial charge in [0.25, 0.3) is 0 Å². The van der Waals surface area contributed by atoms with E-state index in [4.69, 9.17) is 0 Å². The molecule has 0 bridgehead atoms. The van der Waals surface area contributed by atoms with Crippen LogP contribution in [0.5, 0.6) is 0 Å². The lowest BCUT2D eigenvalue weighted by molar-refractivity contribution is 0.103. The Bertz CT molecular complexity index is 716. The molecule has 3 heterocycles. The zero-order valence-electron chi connectivity index (χ0n) is 10.4. The summed E-state index contributed by atoms with van der Waals surface area (Å²) in [6.45, 7) is 2.09. The van der Waals surface area contributed by atoms with E-state index >= 15 is 0 Å². The van der Waals surface area contributed by atoms with Crippen molar-refractivity contribution in [1.29, 1.82) is 0 Å². The zero-order chi connectivity index (χ0) is 13.2. The van der Waals surface area contributed by atoms with E-state index in [2.05, 4.69) is 16.9 Å². The summed E-state index contributed by atoms with van der Waals surface area (Å²) < 4.78 is 0.887. The Morgan fingerprint density at radius 3 is 2.84 bits per heavy atom. The third kappa shape index (κ3) is 2.31. The van der Waals surface area contributed by atoms with Gasteiger partial charge in [0.15, 0.2) is 0 Å². The van der Waals surface area contributed by atoms with E-state index in [1.807, 2.05) is 29.0 Å². The maximum atomic E-state index is 12.5. The highest BCUT2D eigenvalue weighted by Gasteiger charge is 2.18. The smallest absolute Gasteiger partial charge is 0.222 e. The number of aromatic nitrogens is 2. The molecule has 0 spiro atoms. The van der Waals surface area contributed by atoms with Crippen molar-refractivity contribution in [3.05, 3.63) is 45.4 Å². The van der Waals surface area contributed by atoms with Crippen molar-refractivity contribution in [3.63, 3.8) is 0 Å². The molecule has 96 valence electrons. The Morgan fingerprint density at radius 1 is 1.21 bits per heavy atom. The van der Waals surface area contributed by atoms with Crippen LogP contribution in [0.25, 0.3) is 10.2 Å². The summed E-state index contributed by atoms with van der Waals surface area (Å²) in [5.41, 5.74) is 1.43. The molecule has 3 rings (SSSR count). The van der Waals surface area contributed by atoms with Gasteiger partial charge in [-0.1, -0.05) is 13.0 Å². The highest BCUT2D eigenvalue weighted by atomic mass is 32.1. The zero-order valence-corrected chi connectivity index (χ0v) is 12.1. The van der Waals surface area contributed by atoms with E-state index in [9.17, 15) is 4.79 Å². The van der Waals surface area contributed by atoms with E-state index < -0.39 is 0 Å². The Kier molecular flexibility index (Phi) is 3.40. The highest BCUT2D eigenvalue weighted by Crippen LogP contribution is 2.25. The molecule has 0 aromatic carbocycles. The molecular weight excluding hydrogens is 276 g/mol. The van der Waals surface area contributed by atoms with Gasteiger partial charge in [0.1, 0.15) is 11.5 Å². The van der Waals surface area contributed by atoms with Crippen LogP contribution in [0.3, 0.4) is 0 Å². The minimum atomic E-state index is 0.00204. The lowest BCUT2D eigenvalue weighted by Gasteiger charge is -2.03. The fourth-order valence-electron chi connectivity index (χ4n) is 1.93. The molecule has 3 nitrogen and oxygen atoms in total. The maximum Gasteiger partial charge on any atom is 0.222 e. The van der Waals surface area contributed by atoms with Crippen LogP contribution in [-0.2, 0) is 6.42 Å². The van der Waals surface area contributed by atoms with Crippen LogP contribution in [0.15, 0.2) is 29.0 Å². The summed E-state index contributed by atoms with van der Waals surface area (Å²) in [4.78, 5) is 22.2. The lowest BCUT2D eigenvalue weighted by Crippen LogP contribution is -2.06. The molecule has 0 N–H and O–H groups in total. The van der Waals surface area contributed by atoms with Crippen LogP contribution in [0, 0.1) is 0 Å². The Hall–Kier alpha value is -1.59. The molecule has 0 aliphatic carbocycles. The second kappa shape index (κ2) is 5.19. The van der Waals surface area contributed by atoms with Gasteiger partial charge in [-0.05, 0) is 29.3 Å². The van der Waals surface area contributed by atoms with Crippen molar-refractivity contribution in [1.82, 2.24) is 9.97 Å². The number of ketones is 1. The van der Waals surface area contributed by atoms with Crippen molar-refractivity contribution in [2.45, 2.75) is 19.8 Å². The van der Waals surface area contributed by atoms with Crippen molar-refractivity contribution in [3.8, 4) is 0 Å². The first-order valence-corrected chi connectivity index (χ1v) is 7.88. The van der Waals surface area contributed by atoms with Crippen molar-refractivity contribution in [2.24, 2.45) is 0 Å².